The Balaban J connectivity index is 2.27. The van der Waals surface area contributed by atoms with Gasteiger partial charge in [-0.2, -0.15) is 0 Å². The lowest BCUT2D eigenvalue weighted by molar-refractivity contribution is 0.614. The average Bonchev–Trinajstić information content (AvgIpc) is 2.37. The summed E-state index contributed by atoms with van der Waals surface area (Å²) in [6, 6.07) is 0. The molecule has 0 aromatic carbocycles. The SMILES string of the molecule is NCCCCn1cnc(Cl)c1. The number of nitrogens with two attached hydrogens (primary N) is 1. The molecule has 2 N–H and O–H groups in total. The predicted molar refractivity (Wildman–Crippen MR) is 45.5 cm³/mol. The smallest absolute Gasteiger partial charge is 0.146 e. The van der Waals surface area contributed by atoms with Crippen molar-refractivity contribution in [1.82, 2.24) is 9.55 Å². The molecule has 3 nitrogen and oxygen atoms in total. The summed E-state index contributed by atoms with van der Waals surface area (Å²) < 4.78 is 1.97. The van der Waals surface area contributed by atoms with E-state index in [1.165, 1.54) is 0 Å². The summed E-state index contributed by atoms with van der Waals surface area (Å²) in [6.07, 6.45) is 5.69. The van der Waals surface area contributed by atoms with Gasteiger partial charge in [0.15, 0.2) is 0 Å². The van der Waals surface area contributed by atoms with Crippen LogP contribution in [0.4, 0.5) is 0 Å². The van der Waals surface area contributed by atoms with Gasteiger partial charge in [0.05, 0.1) is 6.33 Å². The van der Waals surface area contributed by atoms with Gasteiger partial charge < -0.3 is 10.3 Å². The van der Waals surface area contributed by atoms with Crippen molar-refractivity contribution in [1.29, 1.82) is 0 Å². The Morgan fingerprint density at radius 1 is 1.55 bits per heavy atom. The number of nitrogens with zero attached hydrogens (tertiary/aromatic N) is 2. The third-order valence-corrected chi connectivity index (χ3v) is 1.67. The topological polar surface area (TPSA) is 43.8 Å². The Morgan fingerprint density at radius 3 is 2.91 bits per heavy atom. The van der Waals surface area contributed by atoms with E-state index in [0.29, 0.717) is 5.15 Å². The van der Waals surface area contributed by atoms with Gasteiger partial charge in [-0.25, -0.2) is 4.98 Å². The molecule has 0 aliphatic carbocycles. The number of aryl methyl sites for hydroxylation is 1. The zero-order valence-corrected chi connectivity index (χ0v) is 7.09. The van der Waals surface area contributed by atoms with Gasteiger partial charge in [0.1, 0.15) is 5.15 Å². The number of rotatable bonds is 4. The van der Waals surface area contributed by atoms with Gasteiger partial charge in [0, 0.05) is 12.7 Å². The fourth-order valence-electron chi connectivity index (χ4n) is 0.894. The minimum atomic E-state index is 0.553. The molecular formula is C7H12ClN3. The maximum absolute atomic E-state index is 5.62. The highest BCUT2D eigenvalue weighted by Gasteiger charge is 1.93. The van der Waals surface area contributed by atoms with Gasteiger partial charge in [0.2, 0.25) is 0 Å². The molecular weight excluding hydrogens is 162 g/mol. The summed E-state index contributed by atoms with van der Waals surface area (Å²) in [4.78, 5) is 3.89. The summed E-state index contributed by atoms with van der Waals surface area (Å²) in [7, 11) is 0. The van der Waals surface area contributed by atoms with Crippen LogP contribution in [-0.4, -0.2) is 16.1 Å². The number of hydrogen-bond acceptors (Lipinski definition) is 2. The standard InChI is InChI=1S/C7H12ClN3/c8-7-5-11(6-10-7)4-2-1-3-9/h5-6H,1-4,9H2. The molecule has 1 aromatic rings. The molecule has 4 heteroatoms. The second-order valence-electron chi connectivity index (χ2n) is 2.43. The van der Waals surface area contributed by atoms with E-state index in [4.69, 9.17) is 17.3 Å². The summed E-state index contributed by atoms with van der Waals surface area (Å²) in [5, 5.41) is 0.553. The van der Waals surface area contributed by atoms with Gasteiger partial charge in [-0.3, -0.25) is 0 Å². The molecule has 0 bridgehead atoms. The van der Waals surface area contributed by atoms with Crippen LogP contribution in [0.3, 0.4) is 0 Å². The van der Waals surface area contributed by atoms with Crippen LogP contribution in [0.2, 0.25) is 5.15 Å². The lowest BCUT2D eigenvalue weighted by atomic mass is 10.3. The van der Waals surface area contributed by atoms with Crippen molar-refractivity contribution >= 4 is 11.6 Å². The van der Waals surface area contributed by atoms with E-state index in [9.17, 15) is 0 Å². The molecule has 1 aromatic heterocycles. The first-order valence-electron chi connectivity index (χ1n) is 3.70. The highest BCUT2D eigenvalue weighted by molar-refractivity contribution is 6.29. The summed E-state index contributed by atoms with van der Waals surface area (Å²) >= 11 is 5.62. The van der Waals surface area contributed by atoms with Gasteiger partial charge in [0.25, 0.3) is 0 Å². The number of hydrogen-bond donors (Lipinski definition) is 1. The maximum atomic E-state index is 5.62. The molecule has 1 rings (SSSR count). The largest absolute Gasteiger partial charge is 0.336 e. The van der Waals surface area contributed by atoms with Crippen molar-refractivity contribution in [2.45, 2.75) is 19.4 Å². The summed E-state index contributed by atoms with van der Waals surface area (Å²) in [6.45, 7) is 1.71. The molecule has 0 amide bonds. The second-order valence-corrected chi connectivity index (χ2v) is 2.82. The molecule has 0 fully saturated rings. The molecule has 0 saturated carbocycles. The molecule has 0 saturated heterocycles. The first-order valence-corrected chi connectivity index (χ1v) is 4.08. The Morgan fingerprint density at radius 2 is 2.36 bits per heavy atom. The van der Waals surface area contributed by atoms with E-state index in [-0.39, 0.29) is 0 Å². The average molecular weight is 174 g/mol. The number of halogens is 1. The molecule has 0 unspecified atom stereocenters. The van der Waals surface area contributed by atoms with Crippen LogP contribution in [0.25, 0.3) is 0 Å². The highest BCUT2D eigenvalue weighted by Crippen LogP contribution is 2.03. The first-order chi connectivity index (χ1) is 5.33. The Labute approximate surface area is 71.2 Å². The predicted octanol–water partition coefficient (Wildman–Crippen LogP) is 1.28. The summed E-state index contributed by atoms with van der Waals surface area (Å²) in [5.74, 6) is 0. The quantitative estimate of drug-likeness (QED) is 0.698. The number of aromatic nitrogens is 2. The Bertz CT molecular complexity index is 209. The minimum Gasteiger partial charge on any atom is -0.336 e. The van der Waals surface area contributed by atoms with Crippen molar-refractivity contribution in [2.24, 2.45) is 5.73 Å². The molecule has 0 spiro atoms. The number of unbranched alkanes of at least 4 members (excludes halogenated alkanes) is 1. The lowest BCUT2D eigenvalue weighted by Gasteiger charge is -1.98. The molecule has 0 aliphatic heterocycles. The molecule has 0 aliphatic rings. The fourth-order valence-corrected chi connectivity index (χ4v) is 1.06. The van der Waals surface area contributed by atoms with Crippen molar-refractivity contribution < 1.29 is 0 Å². The second kappa shape index (κ2) is 4.36. The molecule has 1 heterocycles. The molecule has 0 atom stereocenters. The maximum Gasteiger partial charge on any atom is 0.146 e. The third-order valence-electron chi connectivity index (χ3n) is 1.47. The molecule has 0 radical (unpaired) electrons. The van der Waals surface area contributed by atoms with E-state index in [1.54, 1.807) is 6.33 Å². The van der Waals surface area contributed by atoms with Crippen molar-refractivity contribution in [3.63, 3.8) is 0 Å². The van der Waals surface area contributed by atoms with E-state index in [2.05, 4.69) is 4.98 Å². The van der Waals surface area contributed by atoms with E-state index in [1.807, 2.05) is 10.8 Å². The van der Waals surface area contributed by atoms with Crippen molar-refractivity contribution in [3.8, 4) is 0 Å². The third kappa shape index (κ3) is 2.91. The van der Waals surface area contributed by atoms with E-state index >= 15 is 0 Å². The zero-order chi connectivity index (χ0) is 8.10. The van der Waals surface area contributed by atoms with Gasteiger partial charge in [-0.1, -0.05) is 11.6 Å². The Kier molecular flexibility index (Phi) is 3.39. The Hall–Kier alpha value is -0.540. The van der Waals surface area contributed by atoms with Crippen LogP contribution in [0, 0.1) is 0 Å². The monoisotopic (exact) mass is 173 g/mol. The molecule has 11 heavy (non-hydrogen) atoms. The highest BCUT2D eigenvalue weighted by atomic mass is 35.5. The van der Waals surface area contributed by atoms with Gasteiger partial charge in [-0.05, 0) is 19.4 Å². The van der Waals surface area contributed by atoms with Gasteiger partial charge >= 0.3 is 0 Å². The van der Waals surface area contributed by atoms with E-state index in [0.717, 1.165) is 25.9 Å². The normalized spacial score (nSPS) is 10.4. The van der Waals surface area contributed by atoms with Crippen LogP contribution in [-0.2, 0) is 6.54 Å². The van der Waals surface area contributed by atoms with Crippen molar-refractivity contribution in [3.05, 3.63) is 17.7 Å². The van der Waals surface area contributed by atoms with E-state index < -0.39 is 0 Å². The molecule has 62 valence electrons. The van der Waals surface area contributed by atoms with Gasteiger partial charge in [-0.15, -0.1) is 0 Å². The zero-order valence-electron chi connectivity index (χ0n) is 6.33. The van der Waals surface area contributed by atoms with Crippen LogP contribution in [0.15, 0.2) is 12.5 Å². The minimum absolute atomic E-state index is 0.553. The lowest BCUT2D eigenvalue weighted by Crippen LogP contribution is -2.01. The van der Waals surface area contributed by atoms with Crippen LogP contribution < -0.4 is 5.73 Å². The van der Waals surface area contributed by atoms with Crippen LogP contribution >= 0.6 is 11.6 Å². The number of imidazole rings is 1. The van der Waals surface area contributed by atoms with Crippen LogP contribution in [0.5, 0.6) is 0 Å². The van der Waals surface area contributed by atoms with Crippen LogP contribution in [0.1, 0.15) is 12.8 Å². The fraction of sp³-hybridized carbons (Fsp3) is 0.571. The summed E-state index contributed by atoms with van der Waals surface area (Å²) in [5.41, 5.74) is 5.35. The first kappa shape index (κ1) is 8.56. The van der Waals surface area contributed by atoms with Crippen molar-refractivity contribution in [2.75, 3.05) is 6.54 Å².